The molecule has 0 atom stereocenters. The SMILES string of the molecule is O=C1NCc2cc(-c3ccc(F)cc3)cc3ncc(n23)-c2ccc(F)c(c2)N1. The van der Waals surface area contributed by atoms with Crippen LogP contribution < -0.4 is 10.6 Å². The van der Waals surface area contributed by atoms with Crippen LogP contribution in [-0.4, -0.2) is 15.4 Å². The quantitative estimate of drug-likeness (QED) is 0.511. The molecular weight excluding hydrogens is 362 g/mol. The van der Waals surface area contributed by atoms with E-state index in [1.165, 1.54) is 18.2 Å². The average Bonchev–Trinajstić information content (AvgIpc) is 3.12. The van der Waals surface area contributed by atoms with E-state index in [-0.39, 0.29) is 18.0 Å². The molecule has 0 radical (unpaired) electrons. The van der Waals surface area contributed by atoms with Gasteiger partial charge in [-0.3, -0.25) is 4.40 Å². The Labute approximate surface area is 158 Å². The molecule has 1 aliphatic rings. The van der Waals surface area contributed by atoms with Gasteiger partial charge < -0.3 is 10.6 Å². The van der Waals surface area contributed by atoms with Crippen molar-refractivity contribution in [2.45, 2.75) is 6.54 Å². The fourth-order valence-corrected chi connectivity index (χ4v) is 3.46. The Balaban J connectivity index is 1.75. The number of anilines is 1. The number of nitrogens with one attached hydrogen (secondary N) is 2. The van der Waals surface area contributed by atoms with Crippen LogP contribution in [-0.2, 0) is 6.54 Å². The molecule has 2 bridgehead atoms. The van der Waals surface area contributed by atoms with Gasteiger partial charge in [0.2, 0.25) is 0 Å². The van der Waals surface area contributed by atoms with Gasteiger partial charge in [-0.05, 0) is 53.6 Å². The van der Waals surface area contributed by atoms with Crippen molar-refractivity contribution >= 4 is 17.4 Å². The highest BCUT2D eigenvalue weighted by atomic mass is 19.1. The number of carbonyl (C=O) groups is 1. The number of imidazole rings is 1. The van der Waals surface area contributed by atoms with E-state index in [1.54, 1.807) is 30.5 Å². The van der Waals surface area contributed by atoms with E-state index in [9.17, 15) is 13.6 Å². The van der Waals surface area contributed by atoms with E-state index in [0.29, 0.717) is 5.65 Å². The van der Waals surface area contributed by atoms with Crippen molar-refractivity contribution in [3.8, 4) is 22.4 Å². The third-order valence-electron chi connectivity index (χ3n) is 4.80. The molecule has 2 N–H and O–H groups in total. The van der Waals surface area contributed by atoms with E-state index < -0.39 is 11.8 Å². The fraction of sp³-hybridized carbons (Fsp3) is 0.0476. The predicted octanol–water partition coefficient (Wildman–Crippen LogP) is 4.58. The molecule has 4 aromatic rings. The standard InChI is InChI=1S/C21H14F2N4O/c22-15-4-1-12(2-5-15)14-7-16-10-25-21(28)26-18-8-13(3-6-17(18)23)19-11-24-20(9-14)27(16)19/h1-9,11H,10H2,(H2,25,26,28). The lowest BCUT2D eigenvalue weighted by atomic mass is 10.1. The van der Waals surface area contributed by atoms with Gasteiger partial charge in [0.25, 0.3) is 0 Å². The molecule has 28 heavy (non-hydrogen) atoms. The van der Waals surface area contributed by atoms with Crippen molar-refractivity contribution in [1.29, 1.82) is 0 Å². The molecule has 0 saturated carbocycles. The number of nitrogens with zero attached hydrogens (tertiary/aromatic N) is 2. The van der Waals surface area contributed by atoms with Crippen LogP contribution in [0.2, 0.25) is 0 Å². The predicted molar refractivity (Wildman–Crippen MR) is 102 cm³/mol. The van der Waals surface area contributed by atoms with E-state index in [4.69, 9.17) is 0 Å². The number of fused-ring (bicyclic) bond motifs is 3. The third-order valence-corrected chi connectivity index (χ3v) is 4.80. The second kappa shape index (κ2) is 6.16. The van der Waals surface area contributed by atoms with E-state index in [0.717, 1.165) is 28.1 Å². The van der Waals surface area contributed by atoms with Crippen molar-refractivity contribution in [2.24, 2.45) is 0 Å². The highest BCUT2D eigenvalue weighted by Gasteiger charge is 2.17. The second-order valence-corrected chi connectivity index (χ2v) is 6.58. The topological polar surface area (TPSA) is 58.4 Å². The fourth-order valence-electron chi connectivity index (χ4n) is 3.46. The summed E-state index contributed by atoms with van der Waals surface area (Å²) in [5.41, 5.74) is 4.81. The maximum absolute atomic E-state index is 14.0. The lowest BCUT2D eigenvalue weighted by Crippen LogP contribution is -2.29. The number of urea groups is 1. The monoisotopic (exact) mass is 376 g/mol. The minimum atomic E-state index is -0.507. The third kappa shape index (κ3) is 2.68. The van der Waals surface area contributed by atoms with Gasteiger partial charge in [0.15, 0.2) is 0 Å². The molecule has 0 aliphatic carbocycles. The molecule has 138 valence electrons. The number of carbonyl (C=O) groups excluding carboxylic acids is 1. The molecular formula is C21H14F2N4O. The van der Waals surface area contributed by atoms with Gasteiger partial charge in [0.05, 0.1) is 24.1 Å². The molecule has 7 heteroatoms. The zero-order chi connectivity index (χ0) is 19.3. The van der Waals surface area contributed by atoms with Gasteiger partial charge in [-0.25, -0.2) is 18.6 Å². The summed E-state index contributed by atoms with van der Waals surface area (Å²) in [5, 5.41) is 5.27. The summed E-state index contributed by atoms with van der Waals surface area (Å²) in [6.07, 6.45) is 1.72. The van der Waals surface area contributed by atoms with Crippen LogP contribution >= 0.6 is 0 Å². The number of hydrogen-bond donors (Lipinski definition) is 2. The highest BCUT2D eigenvalue weighted by Crippen LogP contribution is 2.30. The Morgan fingerprint density at radius 2 is 1.71 bits per heavy atom. The summed E-state index contributed by atoms with van der Waals surface area (Å²) in [4.78, 5) is 16.7. The molecule has 1 aliphatic heterocycles. The average molecular weight is 376 g/mol. The van der Waals surface area contributed by atoms with E-state index in [1.807, 2.05) is 16.5 Å². The van der Waals surface area contributed by atoms with E-state index in [2.05, 4.69) is 15.6 Å². The summed E-state index contributed by atoms with van der Waals surface area (Å²) in [5.74, 6) is -0.812. The van der Waals surface area contributed by atoms with Gasteiger partial charge in [-0.15, -0.1) is 0 Å². The number of amides is 2. The molecule has 0 unspecified atom stereocenters. The lowest BCUT2D eigenvalue weighted by molar-refractivity contribution is 0.251. The Kier molecular flexibility index (Phi) is 3.61. The van der Waals surface area contributed by atoms with Gasteiger partial charge >= 0.3 is 6.03 Å². The molecule has 0 saturated heterocycles. The normalized spacial score (nSPS) is 13.1. The first-order valence-electron chi connectivity index (χ1n) is 8.69. The number of hydrogen-bond acceptors (Lipinski definition) is 2. The number of halogens is 2. The number of benzene rings is 2. The van der Waals surface area contributed by atoms with Gasteiger partial charge in [-0.1, -0.05) is 12.1 Å². The minimum Gasteiger partial charge on any atom is -0.332 e. The molecule has 0 spiro atoms. The second-order valence-electron chi connectivity index (χ2n) is 6.58. The zero-order valence-corrected chi connectivity index (χ0v) is 14.5. The lowest BCUT2D eigenvalue weighted by Gasteiger charge is -2.16. The smallest absolute Gasteiger partial charge is 0.319 e. The Bertz CT molecular complexity index is 1230. The van der Waals surface area contributed by atoms with Crippen LogP contribution in [0, 0.1) is 11.6 Å². The van der Waals surface area contributed by atoms with Crippen LogP contribution in [0.4, 0.5) is 19.3 Å². The van der Waals surface area contributed by atoms with Gasteiger partial charge in [-0.2, -0.15) is 0 Å². The minimum absolute atomic E-state index is 0.108. The zero-order valence-electron chi connectivity index (χ0n) is 14.5. The Morgan fingerprint density at radius 3 is 2.54 bits per heavy atom. The van der Waals surface area contributed by atoms with Gasteiger partial charge in [0, 0.05) is 11.3 Å². The van der Waals surface area contributed by atoms with Crippen LogP contribution in [0.5, 0.6) is 0 Å². The van der Waals surface area contributed by atoms with Crippen molar-refractivity contribution in [3.63, 3.8) is 0 Å². The molecule has 2 aromatic heterocycles. The van der Waals surface area contributed by atoms with Crippen LogP contribution in [0.3, 0.4) is 0 Å². The van der Waals surface area contributed by atoms with Crippen LogP contribution in [0.1, 0.15) is 5.69 Å². The summed E-state index contributed by atoms with van der Waals surface area (Å²) in [6.45, 7) is 0.215. The van der Waals surface area contributed by atoms with Crippen LogP contribution in [0.25, 0.3) is 28.0 Å². The molecule has 3 heterocycles. The molecule has 5 rings (SSSR count). The van der Waals surface area contributed by atoms with Crippen LogP contribution in [0.15, 0.2) is 60.8 Å². The number of rotatable bonds is 1. The maximum atomic E-state index is 14.0. The largest absolute Gasteiger partial charge is 0.332 e. The van der Waals surface area contributed by atoms with Crippen molar-refractivity contribution in [3.05, 3.63) is 78.1 Å². The summed E-state index contributed by atoms with van der Waals surface area (Å²) in [6, 6.07) is 14.1. The maximum Gasteiger partial charge on any atom is 0.319 e. The van der Waals surface area contributed by atoms with Gasteiger partial charge in [0.1, 0.15) is 17.3 Å². The molecule has 2 aromatic carbocycles. The Hall–Kier alpha value is -3.74. The van der Waals surface area contributed by atoms with Crippen molar-refractivity contribution in [2.75, 3.05) is 5.32 Å². The first-order valence-corrected chi connectivity index (χ1v) is 8.69. The Morgan fingerprint density at radius 1 is 0.929 bits per heavy atom. The molecule has 2 amide bonds. The highest BCUT2D eigenvalue weighted by molar-refractivity contribution is 5.90. The first-order chi connectivity index (χ1) is 13.6. The number of aromatic nitrogens is 2. The first kappa shape index (κ1) is 16.4. The summed E-state index contributed by atoms with van der Waals surface area (Å²) >= 11 is 0. The number of pyridine rings is 1. The summed E-state index contributed by atoms with van der Waals surface area (Å²) in [7, 11) is 0. The molecule has 5 nitrogen and oxygen atoms in total. The van der Waals surface area contributed by atoms with Crippen molar-refractivity contribution < 1.29 is 13.6 Å². The molecule has 0 fully saturated rings. The van der Waals surface area contributed by atoms with E-state index >= 15 is 0 Å². The van der Waals surface area contributed by atoms with Crippen molar-refractivity contribution in [1.82, 2.24) is 14.7 Å². The summed E-state index contributed by atoms with van der Waals surface area (Å²) < 4.78 is 29.2.